The van der Waals surface area contributed by atoms with Crippen LogP contribution in [0.25, 0.3) is 0 Å². The molecule has 0 bridgehead atoms. The van der Waals surface area contributed by atoms with Crippen molar-refractivity contribution in [1.82, 2.24) is 10.6 Å². The number of hydrogen-bond acceptors (Lipinski definition) is 4. The molecular formula is C11H20N2O3S. The summed E-state index contributed by atoms with van der Waals surface area (Å²) >= 11 is 1.58. The zero-order valence-electron chi connectivity index (χ0n) is 10.1. The van der Waals surface area contributed by atoms with Crippen molar-refractivity contribution in [3.8, 4) is 0 Å². The second-order valence-electron chi connectivity index (χ2n) is 4.22. The van der Waals surface area contributed by atoms with Crippen molar-refractivity contribution in [2.45, 2.75) is 37.8 Å². The zero-order chi connectivity index (χ0) is 12.7. The van der Waals surface area contributed by atoms with Crippen LogP contribution in [0.4, 0.5) is 0 Å². The lowest BCUT2D eigenvalue weighted by Gasteiger charge is -2.13. The van der Waals surface area contributed by atoms with Gasteiger partial charge in [-0.3, -0.25) is 4.79 Å². The molecule has 1 fully saturated rings. The molecule has 0 radical (unpaired) electrons. The number of hydrogen-bond donors (Lipinski definition) is 3. The summed E-state index contributed by atoms with van der Waals surface area (Å²) in [7, 11) is 0. The van der Waals surface area contributed by atoms with E-state index in [1.54, 1.807) is 11.8 Å². The highest BCUT2D eigenvalue weighted by atomic mass is 32.2. The van der Waals surface area contributed by atoms with E-state index >= 15 is 0 Å². The molecule has 0 aromatic heterocycles. The number of aliphatic carboxylic acids is 1. The summed E-state index contributed by atoms with van der Waals surface area (Å²) in [5.41, 5.74) is 0. The molecule has 1 saturated carbocycles. The number of thioether (sulfide) groups is 1. The second kappa shape index (κ2) is 7.55. The third-order valence-corrected chi connectivity index (χ3v) is 3.25. The highest BCUT2D eigenvalue weighted by Gasteiger charge is 2.21. The minimum Gasteiger partial charge on any atom is -0.480 e. The molecule has 0 unspecified atom stereocenters. The molecule has 0 heterocycles. The van der Waals surface area contributed by atoms with Crippen LogP contribution in [0.3, 0.4) is 0 Å². The average molecular weight is 260 g/mol. The summed E-state index contributed by atoms with van der Waals surface area (Å²) in [4.78, 5) is 22.4. The fraction of sp³-hybridized carbons (Fsp3) is 0.818. The number of rotatable bonds is 9. The summed E-state index contributed by atoms with van der Waals surface area (Å²) in [6, 6.07) is -0.176. The Labute approximate surface area is 106 Å². The maximum Gasteiger partial charge on any atom is 0.326 e. The van der Waals surface area contributed by atoms with Gasteiger partial charge in [0.2, 0.25) is 5.91 Å². The van der Waals surface area contributed by atoms with Gasteiger partial charge in [0.15, 0.2) is 0 Å². The number of carboxylic acids is 1. The molecule has 0 saturated heterocycles. The van der Waals surface area contributed by atoms with Gasteiger partial charge < -0.3 is 15.7 Å². The number of nitrogens with one attached hydrogen (secondary N) is 2. The third-order valence-electron chi connectivity index (χ3n) is 2.61. The molecule has 0 spiro atoms. The standard InChI is InChI=1S/C11H20N2O3S/c1-17-7-5-9(11(15)16)13-10(14)4-6-12-8-2-3-8/h8-9,12H,2-7H2,1H3,(H,13,14)(H,15,16)/t9-/m1/s1. The van der Waals surface area contributed by atoms with Crippen molar-refractivity contribution in [3.63, 3.8) is 0 Å². The minimum absolute atomic E-state index is 0.188. The Hall–Kier alpha value is -0.750. The van der Waals surface area contributed by atoms with Gasteiger partial charge in [-0.25, -0.2) is 4.79 Å². The van der Waals surface area contributed by atoms with E-state index in [9.17, 15) is 9.59 Å². The second-order valence-corrected chi connectivity index (χ2v) is 5.20. The normalized spacial score (nSPS) is 16.5. The van der Waals surface area contributed by atoms with Crippen LogP contribution in [-0.2, 0) is 9.59 Å². The van der Waals surface area contributed by atoms with E-state index in [1.165, 1.54) is 12.8 Å². The van der Waals surface area contributed by atoms with Gasteiger partial charge in [-0.05, 0) is 31.3 Å². The number of carbonyl (C=O) groups excluding carboxylic acids is 1. The van der Waals surface area contributed by atoms with Gasteiger partial charge in [0, 0.05) is 19.0 Å². The molecule has 98 valence electrons. The van der Waals surface area contributed by atoms with Gasteiger partial charge in [0.1, 0.15) is 6.04 Å². The van der Waals surface area contributed by atoms with Crippen LogP contribution in [0.15, 0.2) is 0 Å². The molecule has 17 heavy (non-hydrogen) atoms. The number of carbonyl (C=O) groups is 2. The Balaban J connectivity index is 2.16. The van der Waals surface area contributed by atoms with Crippen molar-refractivity contribution >= 4 is 23.6 Å². The fourth-order valence-electron chi connectivity index (χ4n) is 1.44. The van der Waals surface area contributed by atoms with E-state index in [-0.39, 0.29) is 5.91 Å². The Bertz CT molecular complexity index is 269. The molecule has 1 amide bonds. The first-order valence-corrected chi connectivity index (χ1v) is 7.27. The number of carboxylic acid groups (broad SMARTS) is 1. The van der Waals surface area contributed by atoms with Crippen LogP contribution < -0.4 is 10.6 Å². The molecule has 1 atom stereocenters. The maximum absolute atomic E-state index is 11.5. The molecule has 5 nitrogen and oxygen atoms in total. The fourth-order valence-corrected chi connectivity index (χ4v) is 1.91. The Morgan fingerprint density at radius 2 is 2.18 bits per heavy atom. The van der Waals surface area contributed by atoms with Crippen molar-refractivity contribution in [3.05, 3.63) is 0 Å². The van der Waals surface area contributed by atoms with Crippen LogP contribution in [0.5, 0.6) is 0 Å². The Morgan fingerprint density at radius 1 is 1.47 bits per heavy atom. The van der Waals surface area contributed by atoms with Gasteiger partial charge in [-0.1, -0.05) is 0 Å². The zero-order valence-corrected chi connectivity index (χ0v) is 10.9. The Morgan fingerprint density at radius 3 is 2.71 bits per heavy atom. The lowest BCUT2D eigenvalue weighted by molar-refractivity contribution is -0.141. The monoisotopic (exact) mass is 260 g/mol. The topological polar surface area (TPSA) is 78.4 Å². The van der Waals surface area contributed by atoms with Crippen molar-refractivity contribution < 1.29 is 14.7 Å². The van der Waals surface area contributed by atoms with Crippen LogP contribution in [-0.4, -0.2) is 47.6 Å². The largest absolute Gasteiger partial charge is 0.480 e. The maximum atomic E-state index is 11.5. The van der Waals surface area contributed by atoms with Crippen LogP contribution >= 0.6 is 11.8 Å². The van der Waals surface area contributed by atoms with Crippen LogP contribution in [0.2, 0.25) is 0 Å². The summed E-state index contributed by atoms with van der Waals surface area (Å²) in [6.07, 6.45) is 5.11. The summed E-state index contributed by atoms with van der Waals surface area (Å²) in [5, 5.41) is 14.7. The van der Waals surface area contributed by atoms with Gasteiger partial charge in [-0.2, -0.15) is 11.8 Å². The predicted octanol–water partition coefficient (Wildman–Crippen LogP) is 0.451. The molecule has 0 aromatic carbocycles. The lowest BCUT2D eigenvalue weighted by atomic mass is 10.2. The first-order valence-electron chi connectivity index (χ1n) is 5.88. The lowest BCUT2D eigenvalue weighted by Crippen LogP contribution is -2.42. The van der Waals surface area contributed by atoms with Crippen molar-refractivity contribution in [1.29, 1.82) is 0 Å². The van der Waals surface area contributed by atoms with Crippen molar-refractivity contribution in [2.24, 2.45) is 0 Å². The molecular weight excluding hydrogens is 240 g/mol. The van der Waals surface area contributed by atoms with Gasteiger partial charge in [0.05, 0.1) is 0 Å². The molecule has 1 rings (SSSR count). The van der Waals surface area contributed by atoms with Crippen LogP contribution in [0.1, 0.15) is 25.7 Å². The van der Waals surface area contributed by atoms with E-state index < -0.39 is 12.0 Å². The van der Waals surface area contributed by atoms with Crippen molar-refractivity contribution in [2.75, 3.05) is 18.6 Å². The smallest absolute Gasteiger partial charge is 0.326 e. The van der Waals surface area contributed by atoms with E-state index in [0.717, 1.165) is 5.75 Å². The number of amides is 1. The van der Waals surface area contributed by atoms with Gasteiger partial charge in [-0.15, -0.1) is 0 Å². The first kappa shape index (κ1) is 14.3. The first-order chi connectivity index (χ1) is 8.13. The highest BCUT2D eigenvalue weighted by molar-refractivity contribution is 7.98. The average Bonchev–Trinajstić information content (AvgIpc) is 3.07. The van der Waals surface area contributed by atoms with E-state index in [1.807, 2.05) is 6.26 Å². The van der Waals surface area contributed by atoms with Crippen LogP contribution in [0, 0.1) is 0 Å². The molecule has 6 heteroatoms. The summed E-state index contributed by atoms with van der Waals surface area (Å²) < 4.78 is 0. The van der Waals surface area contributed by atoms with E-state index in [0.29, 0.717) is 25.4 Å². The Kier molecular flexibility index (Phi) is 6.36. The third kappa shape index (κ3) is 6.53. The summed E-state index contributed by atoms with van der Waals surface area (Å²) in [6.45, 7) is 0.630. The molecule has 0 aromatic rings. The molecule has 1 aliphatic carbocycles. The van der Waals surface area contributed by atoms with E-state index in [2.05, 4.69) is 10.6 Å². The van der Waals surface area contributed by atoms with E-state index in [4.69, 9.17) is 5.11 Å². The molecule has 0 aliphatic heterocycles. The molecule has 1 aliphatic rings. The van der Waals surface area contributed by atoms with Gasteiger partial charge >= 0.3 is 5.97 Å². The predicted molar refractivity (Wildman–Crippen MR) is 68.2 cm³/mol. The quantitative estimate of drug-likeness (QED) is 0.561. The summed E-state index contributed by atoms with van der Waals surface area (Å²) in [5.74, 6) is -0.411. The highest BCUT2D eigenvalue weighted by Crippen LogP contribution is 2.18. The molecule has 3 N–H and O–H groups in total. The minimum atomic E-state index is -0.956. The van der Waals surface area contributed by atoms with Gasteiger partial charge in [0.25, 0.3) is 0 Å². The SMILES string of the molecule is CSCC[C@@H](NC(=O)CCNC1CC1)C(=O)O.